The van der Waals surface area contributed by atoms with Crippen molar-refractivity contribution in [2.75, 3.05) is 12.8 Å². The van der Waals surface area contributed by atoms with Gasteiger partial charge in [-0.2, -0.15) is 4.98 Å². The van der Waals surface area contributed by atoms with Gasteiger partial charge >= 0.3 is 0 Å². The van der Waals surface area contributed by atoms with Gasteiger partial charge in [-0.1, -0.05) is 36.0 Å². The van der Waals surface area contributed by atoms with Crippen molar-refractivity contribution in [3.63, 3.8) is 0 Å². The van der Waals surface area contributed by atoms with E-state index in [2.05, 4.69) is 10.1 Å². The highest BCUT2D eigenvalue weighted by atomic mass is 35.5. The first-order chi connectivity index (χ1) is 10.1. The van der Waals surface area contributed by atoms with Crippen molar-refractivity contribution in [3.05, 3.63) is 29.0 Å². The van der Waals surface area contributed by atoms with E-state index in [0.29, 0.717) is 28.0 Å². The molecule has 2 N–H and O–H groups in total. The summed E-state index contributed by atoms with van der Waals surface area (Å²) < 4.78 is 11.1. The first-order valence-corrected chi connectivity index (χ1v) is 7.47. The number of benzene rings is 1. The first-order valence-electron chi connectivity index (χ1n) is 7.09. The summed E-state index contributed by atoms with van der Waals surface area (Å²) in [6.07, 6.45) is 5.26. The lowest BCUT2D eigenvalue weighted by molar-refractivity contribution is -0.0527. The minimum atomic E-state index is -0.437. The summed E-state index contributed by atoms with van der Waals surface area (Å²) in [6.45, 7) is 0. The average Bonchev–Trinajstić information content (AvgIpc) is 3.00. The zero-order valence-electron chi connectivity index (χ0n) is 11.9. The van der Waals surface area contributed by atoms with E-state index in [9.17, 15) is 0 Å². The Bertz CT molecular complexity index is 636. The number of ether oxygens (including phenoxy) is 1. The fourth-order valence-corrected chi connectivity index (χ4v) is 3.05. The van der Waals surface area contributed by atoms with E-state index >= 15 is 0 Å². The summed E-state index contributed by atoms with van der Waals surface area (Å²) in [5, 5.41) is 4.70. The highest BCUT2D eigenvalue weighted by molar-refractivity contribution is 6.31. The van der Waals surface area contributed by atoms with Crippen LogP contribution in [0.1, 0.15) is 37.9 Å². The minimum Gasteiger partial charge on any atom is -0.398 e. The molecule has 1 aromatic carbocycles. The minimum absolute atomic E-state index is 0.381. The Labute approximate surface area is 128 Å². The molecule has 21 heavy (non-hydrogen) atoms. The predicted molar refractivity (Wildman–Crippen MR) is 80.9 cm³/mol. The maximum Gasteiger partial charge on any atom is 0.260 e. The van der Waals surface area contributed by atoms with Crippen LogP contribution in [0.15, 0.2) is 22.7 Å². The van der Waals surface area contributed by atoms with Gasteiger partial charge in [0.05, 0.1) is 5.56 Å². The largest absolute Gasteiger partial charge is 0.398 e. The second-order valence-electron chi connectivity index (χ2n) is 5.41. The van der Waals surface area contributed by atoms with E-state index in [1.165, 1.54) is 6.42 Å². The highest BCUT2D eigenvalue weighted by Crippen LogP contribution is 2.39. The fraction of sp³-hybridized carbons (Fsp3) is 0.467. The number of hydrogen-bond donors (Lipinski definition) is 1. The number of halogens is 1. The molecule has 1 aromatic heterocycles. The van der Waals surface area contributed by atoms with Crippen LogP contribution < -0.4 is 5.73 Å². The maximum atomic E-state index is 6.01. The maximum absolute atomic E-state index is 6.01. The van der Waals surface area contributed by atoms with Crippen LogP contribution in [0.3, 0.4) is 0 Å². The van der Waals surface area contributed by atoms with Gasteiger partial charge in [0.1, 0.15) is 5.60 Å². The van der Waals surface area contributed by atoms with Crippen molar-refractivity contribution in [3.8, 4) is 11.5 Å². The molecular weight excluding hydrogens is 290 g/mol. The van der Waals surface area contributed by atoms with E-state index in [1.54, 1.807) is 25.3 Å². The number of nitrogen functional groups attached to an aromatic ring is 1. The van der Waals surface area contributed by atoms with Crippen molar-refractivity contribution in [2.24, 2.45) is 0 Å². The Balaban J connectivity index is 1.97. The van der Waals surface area contributed by atoms with Crippen molar-refractivity contribution in [2.45, 2.75) is 37.7 Å². The lowest BCUT2D eigenvalue weighted by Crippen LogP contribution is -2.32. The number of anilines is 1. The number of aromatic nitrogens is 2. The molecule has 0 atom stereocenters. The molecule has 112 valence electrons. The number of nitrogens with zero attached hydrogens (tertiary/aromatic N) is 2. The molecule has 2 aromatic rings. The van der Waals surface area contributed by atoms with Crippen LogP contribution in [0.5, 0.6) is 0 Å². The van der Waals surface area contributed by atoms with Gasteiger partial charge in [-0.15, -0.1) is 0 Å². The molecule has 5 nitrogen and oxygen atoms in total. The Morgan fingerprint density at radius 2 is 2.05 bits per heavy atom. The molecular formula is C15H18ClN3O2. The van der Waals surface area contributed by atoms with Gasteiger partial charge in [0, 0.05) is 17.8 Å². The lowest BCUT2D eigenvalue weighted by Gasteiger charge is -2.32. The van der Waals surface area contributed by atoms with Gasteiger partial charge in [0.2, 0.25) is 5.82 Å². The second kappa shape index (κ2) is 5.66. The topological polar surface area (TPSA) is 74.2 Å². The summed E-state index contributed by atoms with van der Waals surface area (Å²) in [5.41, 5.74) is 6.74. The monoisotopic (exact) mass is 307 g/mol. The molecule has 0 aliphatic heterocycles. The third-order valence-electron chi connectivity index (χ3n) is 4.13. The van der Waals surface area contributed by atoms with Crippen molar-refractivity contribution < 1.29 is 9.26 Å². The molecule has 1 fully saturated rings. The Kier molecular flexibility index (Phi) is 3.87. The van der Waals surface area contributed by atoms with Crippen molar-refractivity contribution in [1.82, 2.24) is 10.1 Å². The summed E-state index contributed by atoms with van der Waals surface area (Å²) in [5.74, 6) is 0.978. The van der Waals surface area contributed by atoms with E-state index in [4.69, 9.17) is 26.6 Å². The molecule has 0 saturated heterocycles. The normalized spacial score (nSPS) is 17.8. The lowest BCUT2D eigenvalue weighted by atomic mass is 9.84. The van der Waals surface area contributed by atoms with Crippen molar-refractivity contribution in [1.29, 1.82) is 0 Å². The summed E-state index contributed by atoms with van der Waals surface area (Å²) in [6, 6.07) is 5.19. The van der Waals surface area contributed by atoms with Crippen LogP contribution in [-0.4, -0.2) is 17.3 Å². The zero-order valence-corrected chi connectivity index (χ0v) is 12.7. The summed E-state index contributed by atoms with van der Waals surface area (Å²) in [7, 11) is 1.70. The van der Waals surface area contributed by atoms with Crippen LogP contribution in [0, 0.1) is 0 Å². The Morgan fingerprint density at radius 1 is 1.29 bits per heavy atom. The van der Waals surface area contributed by atoms with Gasteiger partial charge in [0.15, 0.2) is 0 Å². The molecule has 6 heteroatoms. The van der Waals surface area contributed by atoms with Gasteiger partial charge < -0.3 is 15.0 Å². The number of hydrogen-bond acceptors (Lipinski definition) is 5. The fourth-order valence-electron chi connectivity index (χ4n) is 2.87. The van der Waals surface area contributed by atoms with Crippen LogP contribution in [0.25, 0.3) is 11.5 Å². The predicted octanol–water partition coefficient (Wildman–Crippen LogP) is 3.78. The van der Waals surface area contributed by atoms with E-state index in [-0.39, 0.29) is 0 Å². The van der Waals surface area contributed by atoms with Gasteiger partial charge in [0.25, 0.3) is 5.89 Å². The number of nitrogens with two attached hydrogens (primary N) is 1. The summed E-state index contributed by atoms with van der Waals surface area (Å²) in [4.78, 5) is 4.51. The molecule has 0 spiro atoms. The number of methoxy groups -OCH3 is 1. The van der Waals surface area contributed by atoms with Crippen LogP contribution in [0.4, 0.5) is 5.69 Å². The van der Waals surface area contributed by atoms with E-state index < -0.39 is 5.60 Å². The van der Waals surface area contributed by atoms with E-state index in [0.717, 1.165) is 25.7 Å². The van der Waals surface area contributed by atoms with Crippen LogP contribution in [0.2, 0.25) is 5.02 Å². The third kappa shape index (κ3) is 2.63. The zero-order chi connectivity index (χ0) is 14.9. The van der Waals surface area contributed by atoms with Crippen LogP contribution in [-0.2, 0) is 10.3 Å². The average molecular weight is 308 g/mol. The molecule has 1 aliphatic rings. The highest BCUT2D eigenvalue weighted by Gasteiger charge is 2.38. The van der Waals surface area contributed by atoms with Gasteiger partial charge in [-0.05, 0) is 31.0 Å². The molecule has 0 amide bonds. The summed E-state index contributed by atoms with van der Waals surface area (Å²) >= 11 is 6.01. The third-order valence-corrected chi connectivity index (χ3v) is 4.37. The smallest absolute Gasteiger partial charge is 0.260 e. The molecule has 3 rings (SSSR count). The molecule has 1 aliphatic carbocycles. The van der Waals surface area contributed by atoms with Gasteiger partial charge in [-0.25, -0.2) is 0 Å². The molecule has 0 radical (unpaired) electrons. The Hall–Kier alpha value is -1.59. The molecule has 0 unspecified atom stereocenters. The van der Waals surface area contributed by atoms with Crippen LogP contribution >= 0.6 is 11.6 Å². The molecule has 1 heterocycles. The SMILES string of the molecule is COC1(c2noc(-c3cc(Cl)ccc3N)n2)CCCCC1. The van der Waals surface area contributed by atoms with Gasteiger partial charge in [-0.3, -0.25) is 0 Å². The first kappa shape index (κ1) is 14.4. The standard InChI is InChI=1S/C15H18ClN3O2/c1-20-15(7-3-2-4-8-15)14-18-13(21-19-14)11-9-10(16)5-6-12(11)17/h5-6,9H,2-4,7-8,17H2,1H3. The second-order valence-corrected chi connectivity index (χ2v) is 5.85. The van der Waals surface area contributed by atoms with Crippen molar-refractivity contribution >= 4 is 17.3 Å². The number of rotatable bonds is 3. The quantitative estimate of drug-likeness (QED) is 0.873. The molecule has 0 bridgehead atoms. The molecule has 1 saturated carbocycles. The Morgan fingerprint density at radius 3 is 2.76 bits per heavy atom. The van der Waals surface area contributed by atoms with E-state index in [1.807, 2.05) is 0 Å².